The molecule has 37 heavy (non-hydrogen) atoms. The molecule has 0 bridgehead atoms. The van der Waals surface area contributed by atoms with Crippen molar-refractivity contribution in [1.29, 1.82) is 0 Å². The van der Waals surface area contributed by atoms with Crippen LogP contribution in [0.3, 0.4) is 0 Å². The predicted octanol–water partition coefficient (Wildman–Crippen LogP) is 6.86. The van der Waals surface area contributed by atoms with Gasteiger partial charge in [0.2, 0.25) is 0 Å². The van der Waals surface area contributed by atoms with Gasteiger partial charge in [0.05, 0.1) is 27.6 Å². The van der Waals surface area contributed by atoms with Crippen LogP contribution in [-0.2, 0) is 0 Å². The summed E-state index contributed by atoms with van der Waals surface area (Å²) in [7, 11) is 0. The number of urea groups is 1. The van der Waals surface area contributed by atoms with Gasteiger partial charge in [-0.1, -0.05) is 47.5 Å². The number of carbonyl (C=O) groups excluding carboxylic acids is 2. The summed E-state index contributed by atoms with van der Waals surface area (Å²) < 4.78 is 5.48. The monoisotopic (exact) mass is 534 g/mol. The zero-order valence-corrected chi connectivity index (χ0v) is 21.3. The number of piperazine rings is 1. The van der Waals surface area contributed by atoms with E-state index in [0.29, 0.717) is 58.9 Å². The summed E-state index contributed by atoms with van der Waals surface area (Å²) >= 11 is 12.3. The molecule has 4 aromatic rings. The van der Waals surface area contributed by atoms with Crippen molar-refractivity contribution in [1.82, 2.24) is 4.90 Å². The second kappa shape index (κ2) is 11.0. The SMILES string of the molecule is O=C(Nc1ccc(N2CCN(C(=O)Nc3c(Cl)cccc3Cl)CC2)cc1)c1ccccc1-c1ccco1. The van der Waals surface area contributed by atoms with Crippen LogP contribution < -0.4 is 15.5 Å². The molecular weight excluding hydrogens is 511 g/mol. The summed E-state index contributed by atoms with van der Waals surface area (Å²) in [5, 5.41) is 6.57. The number of amides is 3. The van der Waals surface area contributed by atoms with Crippen molar-refractivity contribution >= 4 is 52.2 Å². The third-order valence-corrected chi connectivity index (χ3v) is 6.84. The van der Waals surface area contributed by atoms with E-state index in [4.69, 9.17) is 27.6 Å². The van der Waals surface area contributed by atoms with Crippen molar-refractivity contribution in [3.05, 3.63) is 101 Å². The normalized spacial score (nSPS) is 13.4. The Bertz CT molecular complexity index is 1380. The van der Waals surface area contributed by atoms with Crippen molar-refractivity contribution in [2.24, 2.45) is 0 Å². The molecule has 188 valence electrons. The highest BCUT2D eigenvalue weighted by Gasteiger charge is 2.23. The van der Waals surface area contributed by atoms with Crippen LogP contribution in [0.2, 0.25) is 10.0 Å². The summed E-state index contributed by atoms with van der Waals surface area (Å²) in [5.41, 5.74) is 3.40. The maximum absolute atomic E-state index is 13.0. The second-order valence-corrected chi connectivity index (χ2v) is 9.34. The first-order chi connectivity index (χ1) is 18.0. The molecule has 0 spiro atoms. The molecule has 0 atom stereocenters. The van der Waals surface area contributed by atoms with Gasteiger partial charge in [0, 0.05) is 43.1 Å². The molecule has 1 aromatic heterocycles. The van der Waals surface area contributed by atoms with Gasteiger partial charge in [0.25, 0.3) is 5.91 Å². The molecule has 1 aliphatic heterocycles. The number of nitrogens with one attached hydrogen (secondary N) is 2. The molecule has 1 aliphatic rings. The smallest absolute Gasteiger partial charge is 0.322 e. The fourth-order valence-electron chi connectivity index (χ4n) is 4.25. The van der Waals surface area contributed by atoms with E-state index in [9.17, 15) is 9.59 Å². The number of para-hydroxylation sites is 1. The first-order valence-electron chi connectivity index (χ1n) is 11.8. The van der Waals surface area contributed by atoms with Crippen LogP contribution in [-0.4, -0.2) is 43.0 Å². The first-order valence-corrected chi connectivity index (χ1v) is 12.5. The van der Waals surface area contributed by atoms with Crippen LogP contribution in [0.4, 0.5) is 21.9 Å². The van der Waals surface area contributed by atoms with Crippen LogP contribution >= 0.6 is 23.2 Å². The molecular formula is C28H24Cl2N4O3. The minimum Gasteiger partial charge on any atom is -0.464 e. The quantitative estimate of drug-likeness (QED) is 0.293. The molecule has 2 heterocycles. The average molecular weight is 535 g/mol. The number of carbonyl (C=O) groups is 2. The Morgan fingerprint density at radius 1 is 0.757 bits per heavy atom. The Kier molecular flexibility index (Phi) is 7.35. The van der Waals surface area contributed by atoms with Gasteiger partial charge < -0.3 is 24.9 Å². The highest BCUT2D eigenvalue weighted by molar-refractivity contribution is 6.39. The van der Waals surface area contributed by atoms with E-state index in [2.05, 4.69) is 15.5 Å². The van der Waals surface area contributed by atoms with Gasteiger partial charge in [-0.25, -0.2) is 4.79 Å². The standard InChI is InChI=1S/C28H24Cl2N4O3/c29-23-7-3-8-24(30)26(23)32-28(36)34-16-14-33(15-17-34)20-12-10-19(11-13-20)31-27(35)22-6-2-1-5-21(22)25-9-4-18-37-25/h1-13,18H,14-17H2,(H,31,35)(H,32,36). The first kappa shape index (κ1) is 24.7. The maximum Gasteiger partial charge on any atom is 0.322 e. The topological polar surface area (TPSA) is 77.8 Å². The van der Waals surface area contributed by atoms with Gasteiger partial charge in [-0.15, -0.1) is 0 Å². The molecule has 3 amide bonds. The predicted molar refractivity (Wildman–Crippen MR) is 148 cm³/mol. The summed E-state index contributed by atoms with van der Waals surface area (Å²) in [5.74, 6) is 0.432. The number of hydrogen-bond acceptors (Lipinski definition) is 4. The Hall–Kier alpha value is -3.94. The van der Waals surface area contributed by atoms with Gasteiger partial charge in [-0.2, -0.15) is 0 Å². The average Bonchev–Trinajstić information content (AvgIpc) is 3.46. The van der Waals surface area contributed by atoms with Crippen LogP contribution in [0.5, 0.6) is 0 Å². The number of anilines is 3. The van der Waals surface area contributed by atoms with E-state index in [1.165, 1.54) is 0 Å². The molecule has 0 saturated carbocycles. The van der Waals surface area contributed by atoms with Gasteiger partial charge in [0.15, 0.2) is 0 Å². The number of halogens is 2. The summed E-state index contributed by atoms with van der Waals surface area (Å²) in [6.45, 7) is 2.45. The van der Waals surface area contributed by atoms with Crippen LogP contribution in [0.1, 0.15) is 10.4 Å². The fourth-order valence-corrected chi connectivity index (χ4v) is 4.74. The van der Waals surface area contributed by atoms with Gasteiger partial charge in [-0.3, -0.25) is 4.79 Å². The second-order valence-electron chi connectivity index (χ2n) is 8.52. The van der Waals surface area contributed by atoms with E-state index in [1.807, 2.05) is 48.5 Å². The molecule has 5 rings (SSSR count). The number of benzene rings is 3. The highest BCUT2D eigenvalue weighted by atomic mass is 35.5. The third-order valence-electron chi connectivity index (χ3n) is 6.21. The van der Waals surface area contributed by atoms with E-state index in [1.54, 1.807) is 41.5 Å². The fraction of sp³-hybridized carbons (Fsp3) is 0.143. The summed E-state index contributed by atoms with van der Waals surface area (Å²) in [4.78, 5) is 29.6. The molecule has 1 fully saturated rings. The van der Waals surface area contributed by atoms with E-state index in [0.717, 1.165) is 11.3 Å². The molecule has 3 aromatic carbocycles. The molecule has 0 unspecified atom stereocenters. The zero-order valence-electron chi connectivity index (χ0n) is 19.8. The lowest BCUT2D eigenvalue weighted by Gasteiger charge is -2.36. The highest BCUT2D eigenvalue weighted by Crippen LogP contribution is 2.30. The van der Waals surface area contributed by atoms with Crippen molar-refractivity contribution in [2.75, 3.05) is 41.7 Å². The van der Waals surface area contributed by atoms with Crippen molar-refractivity contribution in [3.8, 4) is 11.3 Å². The lowest BCUT2D eigenvalue weighted by molar-refractivity contribution is 0.102. The number of hydrogen-bond donors (Lipinski definition) is 2. The lowest BCUT2D eigenvalue weighted by Crippen LogP contribution is -2.50. The number of nitrogens with zero attached hydrogens (tertiary/aromatic N) is 2. The number of rotatable bonds is 5. The molecule has 0 aliphatic carbocycles. The van der Waals surface area contributed by atoms with Crippen molar-refractivity contribution in [3.63, 3.8) is 0 Å². The van der Waals surface area contributed by atoms with Gasteiger partial charge >= 0.3 is 6.03 Å². The maximum atomic E-state index is 13.0. The Labute approximate surface area is 224 Å². The Morgan fingerprint density at radius 3 is 2.14 bits per heavy atom. The van der Waals surface area contributed by atoms with E-state index in [-0.39, 0.29) is 11.9 Å². The van der Waals surface area contributed by atoms with E-state index >= 15 is 0 Å². The van der Waals surface area contributed by atoms with Crippen molar-refractivity contribution in [2.45, 2.75) is 0 Å². The van der Waals surface area contributed by atoms with Crippen molar-refractivity contribution < 1.29 is 14.0 Å². The molecule has 9 heteroatoms. The molecule has 2 N–H and O–H groups in total. The summed E-state index contributed by atoms with van der Waals surface area (Å²) in [6.07, 6.45) is 1.59. The van der Waals surface area contributed by atoms with E-state index < -0.39 is 0 Å². The van der Waals surface area contributed by atoms with Crippen LogP contribution in [0, 0.1) is 0 Å². The Morgan fingerprint density at radius 2 is 1.46 bits per heavy atom. The molecule has 7 nitrogen and oxygen atoms in total. The molecule has 0 radical (unpaired) electrons. The number of furan rings is 1. The van der Waals surface area contributed by atoms with Gasteiger partial charge in [-0.05, 0) is 54.6 Å². The van der Waals surface area contributed by atoms with Crippen LogP contribution in [0.15, 0.2) is 89.5 Å². The third kappa shape index (κ3) is 5.58. The Balaban J connectivity index is 1.18. The summed E-state index contributed by atoms with van der Waals surface area (Å²) in [6, 6.07) is 23.5. The lowest BCUT2D eigenvalue weighted by atomic mass is 10.0. The molecule has 1 saturated heterocycles. The van der Waals surface area contributed by atoms with Gasteiger partial charge in [0.1, 0.15) is 5.76 Å². The van der Waals surface area contributed by atoms with Crippen LogP contribution in [0.25, 0.3) is 11.3 Å². The largest absolute Gasteiger partial charge is 0.464 e. The minimum atomic E-state index is -0.234. The minimum absolute atomic E-state index is 0.210. The zero-order chi connectivity index (χ0) is 25.8.